The maximum absolute atomic E-state index is 5.34. The third-order valence-corrected chi connectivity index (χ3v) is 3.19. The number of nitrogens with one attached hydrogen (secondary N) is 1. The third kappa shape index (κ3) is 2.60. The van der Waals surface area contributed by atoms with E-state index in [1.807, 2.05) is 24.3 Å². The van der Waals surface area contributed by atoms with E-state index in [1.54, 1.807) is 26.6 Å². The van der Waals surface area contributed by atoms with E-state index in [0.29, 0.717) is 18.0 Å². The number of fused-ring (bicyclic) bond motifs is 1. The quantitative estimate of drug-likeness (QED) is 0.777. The van der Waals surface area contributed by atoms with E-state index in [2.05, 4.69) is 15.5 Å². The lowest BCUT2D eigenvalue weighted by Crippen LogP contribution is -2.01. The van der Waals surface area contributed by atoms with Crippen molar-refractivity contribution >= 4 is 16.6 Å². The molecule has 6 heteroatoms. The Hall–Kier alpha value is -2.76. The molecular weight excluding hydrogens is 270 g/mol. The van der Waals surface area contributed by atoms with Gasteiger partial charge in [-0.15, -0.1) is 0 Å². The van der Waals surface area contributed by atoms with Gasteiger partial charge < -0.3 is 19.3 Å². The number of aromatic nitrogens is 2. The fraction of sp³-hybridized carbons (Fsp3) is 0.200. The molecule has 2 aromatic heterocycles. The minimum atomic E-state index is 0.514. The molecule has 0 unspecified atom stereocenters. The van der Waals surface area contributed by atoms with Crippen LogP contribution >= 0.6 is 0 Å². The third-order valence-electron chi connectivity index (χ3n) is 3.19. The number of ether oxygens (including phenoxy) is 2. The molecule has 3 rings (SSSR count). The zero-order valence-corrected chi connectivity index (χ0v) is 11.8. The van der Waals surface area contributed by atoms with E-state index >= 15 is 0 Å². The molecule has 21 heavy (non-hydrogen) atoms. The summed E-state index contributed by atoms with van der Waals surface area (Å²) in [4.78, 5) is 4.37. The van der Waals surface area contributed by atoms with Crippen LogP contribution in [0.3, 0.4) is 0 Å². The minimum Gasteiger partial charge on any atom is -0.493 e. The minimum absolute atomic E-state index is 0.514. The highest BCUT2D eigenvalue weighted by Gasteiger charge is 2.10. The van der Waals surface area contributed by atoms with Crippen molar-refractivity contribution in [2.24, 2.45) is 0 Å². The van der Waals surface area contributed by atoms with Crippen molar-refractivity contribution in [3.8, 4) is 11.5 Å². The van der Waals surface area contributed by atoms with E-state index in [1.165, 1.54) is 0 Å². The Morgan fingerprint density at radius 2 is 1.90 bits per heavy atom. The standard InChI is InChI=1S/C15H15N3O3/c1-19-13-7-10-3-5-16-15(12(10)8-14(13)20-2)17-9-11-4-6-18-21-11/h3-8H,9H2,1-2H3,(H,16,17). The number of nitrogens with zero attached hydrogens (tertiary/aromatic N) is 2. The molecule has 0 atom stereocenters. The maximum Gasteiger partial charge on any atom is 0.161 e. The number of hydrogen-bond donors (Lipinski definition) is 1. The van der Waals surface area contributed by atoms with Gasteiger partial charge in [0.1, 0.15) is 5.82 Å². The van der Waals surface area contributed by atoms with Gasteiger partial charge in [-0.05, 0) is 23.6 Å². The molecular formula is C15H15N3O3. The van der Waals surface area contributed by atoms with E-state index in [4.69, 9.17) is 14.0 Å². The first-order valence-electron chi connectivity index (χ1n) is 6.46. The second-order valence-corrected chi connectivity index (χ2v) is 4.42. The first-order valence-corrected chi connectivity index (χ1v) is 6.46. The normalized spacial score (nSPS) is 10.6. The van der Waals surface area contributed by atoms with Crippen molar-refractivity contribution in [2.45, 2.75) is 6.54 Å². The summed E-state index contributed by atoms with van der Waals surface area (Å²) in [5, 5.41) is 8.88. The summed E-state index contributed by atoms with van der Waals surface area (Å²) in [5.74, 6) is 2.86. The van der Waals surface area contributed by atoms with Gasteiger partial charge >= 0.3 is 0 Å². The fourth-order valence-electron chi connectivity index (χ4n) is 2.14. The number of hydrogen-bond acceptors (Lipinski definition) is 6. The van der Waals surface area contributed by atoms with Gasteiger partial charge in [0.25, 0.3) is 0 Å². The van der Waals surface area contributed by atoms with E-state index < -0.39 is 0 Å². The zero-order chi connectivity index (χ0) is 14.7. The Morgan fingerprint density at radius 1 is 1.10 bits per heavy atom. The van der Waals surface area contributed by atoms with Gasteiger partial charge in [-0.1, -0.05) is 5.16 Å². The lowest BCUT2D eigenvalue weighted by Gasteiger charge is -2.12. The van der Waals surface area contributed by atoms with Crippen LogP contribution in [0.4, 0.5) is 5.82 Å². The monoisotopic (exact) mass is 285 g/mol. The molecule has 0 saturated heterocycles. The Bertz CT molecular complexity index is 741. The molecule has 0 saturated carbocycles. The van der Waals surface area contributed by atoms with Gasteiger partial charge in [0.05, 0.1) is 27.0 Å². The average Bonchev–Trinajstić information content (AvgIpc) is 3.04. The molecule has 1 N–H and O–H groups in total. The summed E-state index contributed by atoms with van der Waals surface area (Å²) in [5.41, 5.74) is 0. The van der Waals surface area contributed by atoms with Gasteiger partial charge in [0.2, 0.25) is 0 Å². The molecule has 0 aliphatic rings. The van der Waals surface area contributed by atoms with Crippen LogP contribution in [-0.2, 0) is 6.54 Å². The molecule has 108 valence electrons. The predicted molar refractivity (Wildman–Crippen MR) is 78.7 cm³/mol. The van der Waals surface area contributed by atoms with Crippen molar-refractivity contribution in [1.29, 1.82) is 0 Å². The highest BCUT2D eigenvalue weighted by molar-refractivity contribution is 5.94. The fourth-order valence-corrected chi connectivity index (χ4v) is 2.14. The molecule has 0 bridgehead atoms. The van der Waals surface area contributed by atoms with Gasteiger partial charge in [-0.3, -0.25) is 0 Å². The number of anilines is 1. The highest BCUT2D eigenvalue weighted by atomic mass is 16.5. The second-order valence-electron chi connectivity index (χ2n) is 4.42. The molecule has 0 spiro atoms. The van der Waals surface area contributed by atoms with E-state index in [-0.39, 0.29) is 0 Å². The molecule has 3 aromatic rings. The maximum atomic E-state index is 5.34. The van der Waals surface area contributed by atoms with Crippen LogP contribution in [0.1, 0.15) is 5.76 Å². The Morgan fingerprint density at radius 3 is 2.62 bits per heavy atom. The summed E-state index contributed by atoms with van der Waals surface area (Å²) in [6, 6.07) is 7.57. The van der Waals surface area contributed by atoms with Crippen molar-refractivity contribution in [3.63, 3.8) is 0 Å². The Kier molecular flexibility index (Phi) is 3.59. The number of benzene rings is 1. The first-order chi connectivity index (χ1) is 10.3. The molecule has 0 fully saturated rings. The SMILES string of the molecule is COc1cc2ccnc(NCc3ccno3)c2cc1OC. The van der Waals surface area contributed by atoms with Gasteiger partial charge in [0, 0.05) is 17.6 Å². The molecule has 0 radical (unpaired) electrons. The number of rotatable bonds is 5. The zero-order valence-electron chi connectivity index (χ0n) is 11.8. The number of methoxy groups -OCH3 is 2. The first kappa shape index (κ1) is 13.2. The molecule has 0 amide bonds. The van der Waals surface area contributed by atoms with Crippen molar-refractivity contribution in [2.75, 3.05) is 19.5 Å². The molecule has 0 aliphatic carbocycles. The van der Waals surface area contributed by atoms with E-state index in [0.717, 1.165) is 22.4 Å². The van der Waals surface area contributed by atoms with Crippen molar-refractivity contribution < 1.29 is 14.0 Å². The lowest BCUT2D eigenvalue weighted by molar-refractivity contribution is 0.356. The topological polar surface area (TPSA) is 69.4 Å². The molecule has 0 aliphatic heterocycles. The summed E-state index contributed by atoms with van der Waals surface area (Å²) in [7, 11) is 3.23. The van der Waals surface area contributed by atoms with Crippen LogP contribution in [0, 0.1) is 0 Å². The van der Waals surface area contributed by atoms with Crippen LogP contribution in [0.5, 0.6) is 11.5 Å². The van der Waals surface area contributed by atoms with Crippen molar-refractivity contribution in [1.82, 2.24) is 10.1 Å². The number of pyridine rings is 1. The summed E-state index contributed by atoms with van der Waals surface area (Å²) < 4.78 is 15.7. The van der Waals surface area contributed by atoms with Crippen LogP contribution < -0.4 is 14.8 Å². The summed E-state index contributed by atoms with van der Waals surface area (Å²) in [6.45, 7) is 0.514. The lowest BCUT2D eigenvalue weighted by atomic mass is 10.1. The van der Waals surface area contributed by atoms with Crippen LogP contribution in [0.2, 0.25) is 0 Å². The predicted octanol–water partition coefficient (Wildman–Crippen LogP) is 2.85. The Balaban J connectivity index is 1.98. The van der Waals surface area contributed by atoms with E-state index in [9.17, 15) is 0 Å². The molecule has 6 nitrogen and oxygen atoms in total. The van der Waals surface area contributed by atoms with Crippen LogP contribution in [0.25, 0.3) is 10.8 Å². The average molecular weight is 285 g/mol. The molecule has 1 aromatic carbocycles. The second kappa shape index (κ2) is 5.70. The van der Waals surface area contributed by atoms with Gasteiger partial charge in [-0.25, -0.2) is 4.98 Å². The molecule has 2 heterocycles. The van der Waals surface area contributed by atoms with Gasteiger partial charge in [0.15, 0.2) is 17.3 Å². The summed E-state index contributed by atoms with van der Waals surface area (Å²) >= 11 is 0. The van der Waals surface area contributed by atoms with Crippen molar-refractivity contribution in [3.05, 3.63) is 42.4 Å². The smallest absolute Gasteiger partial charge is 0.161 e. The summed E-state index contributed by atoms with van der Waals surface area (Å²) in [6.07, 6.45) is 3.36. The van der Waals surface area contributed by atoms with Crippen LogP contribution in [0.15, 0.2) is 41.2 Å². The Labute approximate surface area is 121 Å². The largest absolute Gasteiger partial charge is 0.493 e. The van der Waals surface area contributed by atoms with Crippen LogP contribution in [-0.4, -0.2) is 24.4 Å². The van der Waals surface area contributed by atoms with Gasteiger partial charge in [-0.2, -0.15) is 0 Å². The highest BCUT2D eigenvalue weighted by Crippen LogP contribution is 2.34.